The minimum Gasteiger partial charge on any atom is -0.466 e. The second-order valence-corrected chi connectivity index (χ2v) is 6.21. The molecule has 0 spiro atoms. The van der Waals surface area contributed by atoms with Crippen molar-refractivity contribution in [3.63, 3.8) is 0 Å². The van der Waals surface area contributed by atoms with Gasteiger partial charge in [0.05, 0.1) is 6.04 Å². The first-order valence-corrected chi connectivity index (χ1v) is 7.38. The van der Waals surface area contributed by atoms with Gasteiger partial charge in [-0.1, -0.05) is 0 Å². The van der Waals surface area contributed by atoms with Gasteiger partial charge in [-0.3, -0.25) is 0 Å². The van der Waals surface area contributed by atoms with Crippen LogP contribution in [0.15, 0.2) is 12.3 Å². The number of carbonyl (C=O) groups excluding carboxylic acids is 1. The number of aromatic nitrogens is 1. The largest absolute Gasteiger partial charge is 0.466 e. The van der Waals surface area contributed by atoms with Crippen molar-refractivity contribution in [1.82, 2.24) is 15.4 Å². The molecule has 10 heteroatoms. The highest BCUT2D eigenvalue weighted by atomic mass is 19.4. The molecule has 0 saturated carbocycles. The lowest BCUT2D eigenvalue weighted by Crippen LogP contribution is -2.45. The normalized spacial score (nSPS) is 13.3. The van der Waals surface area contributed by atoms with Crippen molar-refractivity contribution in [2.45, 2.75) is 45.5 Å². The van der Waals surface area contributed by atoms with E-state index in [1.807, 2.05) is 0 Å². The molecule has 1 amide bonds. The van der Waals surface area contributed by atoms with Gasteiger partial charge >= 0.3 is 12.3 Å². The van der Waals surface area contributed by atoms with E-state index in [0.29, 0.717) is 0 Å². The summed E-state index contributed by atoms with van der Waals surface area (Å²) in [6, 6.07) is 0.261. The van der Waals surface area contributed by atoms with Crippen LogP contribution >= 0.6 is 0 Å². The molecule has 6 nitrogen and oxygen atoms in total. The van der Waals surface area contributed by atoms with E-state index in [4.69, 9.17) is 4.74 Å². The molecule has 0 aliphatic heterocycles. The van der Waals surface area contributed by atoms with E-state index in [1.165, 1.54) is 7.05 Å². The third kappa shape index (κ3) is 6.73. The maximum atomic E-state index is 13.9. The number of hydrogen-bond acceptors (Lipinski definition) is 5. The minimum atomic E-state index is -4.60. The lowest BCUT2D eigenvalue weighted by molar-refractivity contribution is -0.154. The van der Waals surface area contributed by atoms with Crippen molar-refractivity contribution in [1.29, 1.82) is 0 Å². The number of carbonyl (C=O) groups is 1. The average molecular weight is 367 g/mol. The smallest absolute Gasteiger partial charge is 0.425 e. The van der Waals surface area contributed by atoms with Crippen molar-refractivity contribution < 1.29 is 31.8 Å². The Morgan fingerprint density at radius 2 is 1.96 bits per heavy atom. The van der Waals surface area contributed by atoms with Crippen LogP contribution in [-0.4, -0.2) is 41.5 Å². The fourth-order valence-electron chi connectivity index (χ4n) is 1.83. The molecule has 0 aliphatic carbocycles. The summed E-state index contributed by atoms with van der Waals surface area (Å²) in [5.41, 5.74) is 2.15. The summed E-state index contributed by atoms with van der Waals surface area (Å²) in [7, 11) is 1.48. The third-order valence-corrected chi connectivity index (χ3v) is 2.90. The lowest BCUT2D eigenvalue weighted by atomic mass is 10.1. The molecule has 142 valence electrons. The fraction of sp³-hybridized carbons (Fsp3) is 0.600. The molecular weight excluding hydrogens is 346 g/mol. The van der Waals surface area contributed by atoms with Crippen LogP contribution in [0.2, 0.25) is 0 Å². The van der Waals surface area contributed by atoms with Crippen LogP contribution in [0.3, 0.4) is 0 Å². The number of nitrogens with one attached hydrogen (secondary N) is 1. The van der Waals surface area contributed by atoms with Gasteiger partial charge < -0.3 is 9.47 Å². The molecule has 0 radical (unpaired) electrons. The Morgan fingerprint density at radius 1 is 1.36 bits per heavy atom. The van der Waals surface area contributed by atoms with Gasteiger partial charge in [0, 0.05) is 13.2 Å². The van der Waals surface area contributed by atoms with Gasteiger partial charge in [0.15, 0.2) is 12.4 Å². The maximum absolute atomic E-state index is 13.9. The number of ether oxygens (including phenoxy) is 2. The number of nitrogens with zero attached hydrogens (tertiary/aromatic N) is 2. The zero-order chi connectivity index (χ0) is 19.4. The van der Waals surface area contributed by atoms with E-state index in [0.717, 1.165) is 17.3 Å². The molecule has 25 heavy (non-hydrogen) atoms. The summed E-state index contributed by atoms with van der Waals surface area (Å²) in [6.07, 6.45) is -4.16. The van der Waals surface area contributed by atoms with E-state index in [-0.39, 0.29) is 5.56 Å². The van der Waals surface area contributed by atoms with Crippen molar-refractivity contribution in [3.8, 4) is 5.88 Å². The van der Waals surface area contributed by atoms with Crippen LogP contribution < -0.4 is 10.2 Å². The summed E-state index contributed by atoms with van der Waals surface area (Å²) in [5.74, 6) is -1.82. The molecule has 1 atom stereocenters. The molecule has 1 aromatic rings. The number of alkyl halides is 3. The lowest BCUT2D eigenvalue weighted by Gasteiger charge is -2.31. The number of rotatable bonds is 5. The Balaban J connectivity index is 2.91. The van der Waals surface area contributed by atoms with Gasteiger partial charge in [-0.15, -0.1) is 0 Å². The van der Waals surface area contributed by atoms with Gasteiger partial charge in [0.25, 0.3) is 5.88 Å². The van der Waals surface area contributed by atoms with Gasteiger partial charge in [0.1, 0.15) is 5.60 Å². The first-order chi connectivity index (χ1) is 11.3. The first kappa shape index (κ1) is 20.9. The summed E-state index contributed by atoms with van der Waals surface area (Å²) in [5, 5.41) is 1.11. The quantitative estimate of drug-likeness (QED) is 0.636. The van der Waals surface area contributed by atoms with Crippen LogP contribution in [0.25, 0.3) is 0 Å². The van der Waals surface area contributed by atoms with E-state index in [1.54, 1.807) is 27.7 Å². The topological polar surface area (TPSA) is 63.7 Å². The maximum Gasteiger partial charge on any atom is 0.425 e. The molecule has 0 bridgehead atoms. The van der Waals surface area contributed by atoms with Gasteiger partial charge in [-0.2, -0.15) is 13.2 Å². The highest BCUT2D eigenvalue weighted by Gasteiger charge is 2.30. The number of hydrogen-bond donors (Lipinski definition) is 1. The summed E-state index contributed by atoms with van der Waals surface area (Å²) >= 11 is 0. The Hall–Kier alpha value is -2.10. The molecule has 0 aliphatic rings. The average Bonchev–Trinajstić information content (AvgIpc) is 2.43. The van der Waals surface area contributed by atoms with Gasteiger partial charge in [0.2, 0.25) is 0 Å². The monoisotopic (exact) mass is 367 g/mol. The second-order valence-electron chi connectivity index (χ2n) is 6.21. The zero-order valence-corrected chi connectivity index (χ0v) is 14.6. The number of amides is 1. The molecule has 1 heterocycles. The van der Waals surface area contributed by atoms with E-state index < -0.39 is 42.2 Å². The van der Waals surface area contributed by atoms with Crippen LogP contribution in [0.1, 0.15) is 39.3 Å². The van der Waals surface area contributed by atoms with Crippen molar-refractivity contribution >= 4 is 6.09 Å². The molecule has 0 saturated heterocycles. The van der Waals surface area contributed by atoms with Crippen molar-refractivity contribution in [2.75, 3.05) is 13.7 Å². The van der Waals surface area contributed by atoms with Gasteiger partial charge in [-0.05, 0) is 39.3 Å². The number of pyridine rings is 1. The SMILES string of the molecule is CNN(C(=O)OC(C)(C)C)C(C)c1cnc(OCC(F)(F)F)c(F)c1. The molecule has 0 fully saturated rings. The predicted molar refractivity (Wildman–Crippen MR) is 81.3 cm³/mol. The van der Waals surface area contributed by atoms with E-state index in [2.05, 4.69) is 15.1 Å². The minimum absolute atomic E-state index is 0.247. The van der Waals surface area contributed by atoms with Crippen LogP contribution in [0.5, 0.6) is 5.88 Å². The van der Waals surface area contributed by atoms with Gasteiger partial charge in [-0.25, -0.2) is 24.6 Å². The van der Waals surface area contributed by atoms with Crippen molar-refractivity contribution in [2.24, 2.45) is 0 Å². The van der Waals surface area contributed by atoms with Crippen LogP contribution in [0, 0.1) is 5.82 Å². The molecule has 0 aromatic carbocycles. The van der Waals surface area contributed by atoms with Crippen LogP contribution in [-0.2, 0) is 4.74 Å². The Labute approximate surface area is 143 Å². The predicted octanol–water partition coefficient (Wildman–Crippen LogP) is 3.59. The standard InChI is InChI=1S/C15H21F4N3O3/c1-9(22(20-5)13(23)25-14(2,3)4)10-6-11(16)12(21-7-10)24-8-15(17,18)19/h6-7,9,20H,8H2,1-5H3. The number of hydrazine groups is 1. The molecule has 1 N–H and O–H groups in total. The summed E-state index contributed by atoms with van der Waals surface area (Å²) in [6.45, 7) is 5.01. The molecule has 1 unspecified atom stereocenters. The Morgan fingerprint density at radius 3 is 2.40 bits per heavy atom. The van der Waals surface area contributed by atoms with E-state index in [9.17, 15) is 22.4 Å². The first-order valence-electron chi connectivity index (χ1n) is 7.38. The summed E-state index contributed by atoms with van der Waals surface area (Å²) < 4.78 is 59.8. The highest BCUT2D eigenvalue weighted by Crippen LogP contribution is 2.25. The fourth-order valence-corrected chi connectivity index (χ4v) is 1.83. The zero-order valence-electron chi connectivity index (χ0n) is 14.6. The highest BCUT2D eigenvalue weighted by molar-refractivity contribution is 5.68. The van der Waals surface area contributed by atoms with Crippen molar-refractivity contribution in [3.05, 3.63) is 23.6 Å². The summed E-state index contributed by atoms with van der Waals surface area (Å²) in [4.78, 5) is 15.7. The second kappa shape index (κ2) is 7.85. The Kier molecular flexibility index (Phi) is 6.58. The molecular formula is C15H21F4N3O3. The Bertz CT molecular complexity index is 603. The molecule has 1 aromatic heterocycles. The van der Waals surface area contributed by atoms with Crippen LogP contribution in [0.4, 0.5) is 22.4 Å². The van der Waals surface area contributed by atoms with E-state index >= 15 is 0 Å². The third-order valence-electron chi connectivity index (χ3n) is 2.90. The molecule has 1 rings (SSSR count). The number of halogens is 4.